The number of fused-ring (bicyclic) bond motifs is 2. The predicted molar refractivity (Wildman–Crippen MR) is 114 cm³/mol. The van der Waals surface area contributed by atoms with E-state index in [0.717, 1.165) is 41.2 Å². The summed E-state index contributed by atoms with van der Waals surface area (Å²) >= 11 is 3.70. The van der Waals surface area contributed by atoms with Crippen molar-refractivity contribution in [2.75, 3.05) is 0 Å². The third-order valence-corrected chi connectivity index (χ3v) is 12.2. The number of rotatable bonds is 3. The number of carbonyl (C=O) groups is 1. The molecule has 0 saturated carbocycles. The fraction of sp³-hybridized carbons (Fsp3) is 0.100. The van der Waals surface area contributed by atoms with Crippen molar-refractivity contribution in [2.24, 2.45) is 4.99 Å². The molecule has 26 heavy (non-hydrogen) atoms. The Hall–Kier alpha value is -1.72. The molecule has 3 nitrogen and oxygen atoms in total. The van der Waals surface area contributed by atoms with Gasteiger partial charge in [0.2, 0.25) is 0 Å². The zero-order valence-corrected chi connectivity index (χ0v) is 18.4. The van der Waals surface area contributed by atoms with Crippen molar-refractivity contribution in [3.8, 4) is 15.8 Å². The predicted octanol–water partition coefficient (Wildman–Crippen LogP) is 4.04. The Kier molecular flexibility index (Phi) is 4.39. The number of aromatic hydroxyl groups is 1. The fourth-order valence-electron chi connectivity index (χ4n) is 3.75. The van der Waals surface area contributed by atoms with Gasteiger partial charge in [0.1, 0.15) is 0 Å². The molecular weight excluding hydrogens is 473 g/mol. The zero-order valence-electron chi connectivity index (χ0n) is 14.1. The molecule has 2 aliphatic rings. The average molecular weight is 489 g/mol. The zero-order chi connectivity index (χ0) is 18.5. The molecule has 0 bridgehead atoms. The van der Waals surface area contributed by atoms with Gasteiger partial charge in [-0.15, -0.1) is 0 Å². The molecule has 0 amide bonds. The van der Waals surface area contributed by atoms with Crippen LogP contribution in [0.1, 0.15) is 0 Å². The van der Waals surface area contributed by atoms with Gasteiger partial charge in [-0.2, -0.15) is 0 Å². The Morgan fingerprint density at radius 3 is 2.81 bits per heavy atom. The molecule has 1 aromatic heterocycles. The normalized spacial score (nSPS) is 20.9. The number of phenolic OH excluding ortho intramolecular Hbond substituents is 1. The van der Waals surface area contributed by atoms with Gasteiger partial charge in [-0.1, -0.05) is 0 Å². The van der Waals surface area contributed by atoms with Crippen molar-refractivity contribution in [1.29, 1.82) is 0 Å². The molecule has 0 fully saturated rings. The van der Waals surface area contributed by atoms with E-state index in [9.17, 15) is 9.90 Å². The summed E-state index contributed by atoms with van der Waals surface area (Å²) in [6.45, 7) is 6.21. The van der Waals surface area contributed by atoms with E-state index >= 15 is 0 Å². The number of benzene rings is 1. The van der Waals surface area contributed by atoms with Crippen molar-refractivity contribution in [3.63, 3.8) is 0 Å². The summed E-state index contributed by atoms with van der Waals surface area (Å²) < 4.78 is 2.29. The van der Waals surface area contributed by atoms with E-state index in [-0.39, 0.29) is 26.0 Å². The van der Waals surface area contributed by atoms with E-state index in [2.05, 4.69) is 35.1 Å². The summed E-state index contributed by atoms with van der Waals surface area (Å²) in [6, 6.07) is 8.53. The Morgan fingerprint density at radius 1 is 1.31 bits per heavy atom. The first-order chi connectivity index (χ1) is 12.4. The Labute approximate surface area is 167 Å². The van der Waals surface area contributed by atoms with Crippen molar-refractivity contribution in [2.45, 2.75) is 12.6 Å². The van der Waals surface area contributed by atoms with Crippen molar-refractivity contribution in [3.05, 3.63) is 63.7 Å². The maximum atomic E-state index is 12.1. The third kappa shape index (κ3) is 2.69. The number of ketones is 1. The number of nitrogens with zero attached hydrogens (tertiary/aromatic N) is 1. The SMILES string of the molecule is C=CC[Si]1(C)C2=CC(=O)C=CC2=Nc2ccc(O)c(-c3ccc(Br)[se]3)c21. The molecule has 0 spiro atoms. The van der Waals surface area contributed by atoms with E-state index in [1.54, 1.807) is 18.2 Å². The molecule has 1 unspecified atom stereocenters. The maximum absolute atomic E-state index is 12.1. The molecule has 1 aliphatic heterocycles. The quantitative estimate of drug-likeness (QED) is 0.402. The molecule has 1 atom stereocenters. The molecular formula is C20H16BrNO2SeSi. The van der Waals surface area contributed by atoms with Gasteiger partial charge in [0.25, 0.3) is 0 Å². The molecule has 2 heterocycles. The van der Waals surface area contributed by atoms with Gasteiger partial charge in [-0.3, -0.25) is 0 Å². The summed E-state index contributed by atoms with van der Waals surface area (Å²) in [5.41, 5.74) is 2.67. The number of carbonyl (C=O) groups excluding carboxylic acids is 1. The molecule has 1 N–H and O–H groups in total. The van der Waals surface area contributed by atoms with Gasteiger partial charge in [-0.05, 0) is 0 Å². The standard InChI is InChI=1S/C20H16BrNO2SeSi/c1-3-10-26(2)17-11-12(23)4-5-13(17)22-14-6-7-15(24)19(20(14)26)16-8-9-18(21)25-16/h3-9,11,24H,1,10H2,2H3. The van der Waals surface area contributed by atoms with Crippen LogP contribution < -0.4 is 5.19 Å². The fourth-order valence-corrected chi connectivity index (χ4v) is 10.6. The molecule has 0 saturated heterocycles. The second kappa shape index (κ2) is 6.46. The van der Waals surface area contributed by atoms with Crippen LogP contribution >= 0.6 is 15.9 Å². The number of aliphatic imine (C=N–C) groups is 1. The molecule has 130 valence electrons. The molecule has 6 heteroatoms. The van der Waals surface area contributed by atoms with Crippen LogP contribution in [0.4, 0.5) is 5.69 Å². The summed E-state index contributed by atoms with van der Waals surface area (Å²) in [4.78, 5) is 16.9. The number of phenols is 1. The number of allylic oxidation sites excluding steroid dienone is 5. The van der Waals surface area contributed by atoms with Crippen molar-refractivity contribution < 1.29 is 9.90 Å². The number of hydrogen-bond donors (Lipinski definition) is 1. The molecule has 1 aromatic carbocycles. The van der Waals surface area contributed by atoms with E-state index in [1.807, 2.05) is 24.3 Å². The van der Waals surface area contributed by atoms with Crippen LogP contribution in [0, 0.1) is 0 Å². The summed E-state index contributed by atoms with van der Waals surface area (Å²) in [7, 11) is -2.32. The van der Waals surface area contributed by atoms with Crippen LogP contribution in [0.25, 0.3) is 10.0 Å². The molecule has 4 rings (SSSR count). The molecule has 1 aliphatic carbocycles. The second-order valence-corrected chi connectivity index (χ2v) is 15.0. The van der Waals surface area contributed by atoms with Crippen LogP contribution in [-0.4, -0.2) is 39.2 Å². The van der Waals surface area contributed by atoms with Crippen molar-refractivity contribution >= 4 is 60.9 Å². The average Bonchev–Trinajstić information content (AvgIpc) is 3.03. The van der Waals surface area contributed by atoms with Crippen LogP contribution in [0.2, 0.25) is 12.6 Å². The Bertz CT molecular complexity index is 1050. The summed E-state index contributed by atoms with van der Waals surface area (Å²) in [5, 5.41) is 12.9. The molecule has 2 aromatic rings. The van der Waals surface area contributed by atoms with Gasteiger partial charge in [0, 0.05) is 0 Å². The van der Waals surface area contributed by atoms with Crippen LogP contribution in [0.3, 0.4) is 0 Å². The topological polar surface area (TPSA) is 49.7 Å². The van der Waals surface area contributed by atoms with Crippen LogP contribution in [-0.2, 0) is 4.79 Å². The monoisotopic (exact) mass is 489 g/mol. The van der Waals surface area contributed by atoms with Gasteiger partial charge in [0.15, 0.2) is 0 Å². The Morgan fingerprint density at radius 2 is 2.12 bits per heavy atom. The van der Waals surface area contributed by atoms with E-state index < -0.39 is 8.07 Å². The van der Waals surface area contributed by atoms with Gasteiger partial charge >= 0.3 is 168 Å². The first kappa shape index (κ1) is 17.7. The minimum absolute atomic E-state index is 0.000558. The summed E-state index contributed by atoms with van der Waals surface area (Å²) in [5.74, 6) is 0.285. The minimum atomic E-state index is -2.32. The summed E-state index contributed by atoms with van der Waals surface area (Å²) in [6.07, 6.45) is 7.05. The van der Waals surface area contributed by atoms with E-state index in [1.165, 1.54) is 0 Å². The van der Waals surface area contributed by atoms with E-state index in [4.69, 9.17) is 4.99 Å². The Balaban J connectivity index is 2.09. The van der Waals surface area contributed by atoms with Crippen LogP contribution in [0.5, 0.6) is 5.75 Å². The number of halogens is 1. The second-order valence-electron chi connectivity index (χ2n) is 6.57. The van der Waals surface area contributed by atoms with Crippen molar-refractivity contribution in [1.82, 2.24) is 0 Å². The first-order valence-electron chi connectivity index (χ1n) is 8.20. The molecule has 0 radical (unpaired) electrons. The number of hydrogen-bond acceptors (Lipinski definition) is 3. The van der Waals surface area contributed by atoms with Gasteiger partial charge < -0.3 is 0 Å². The third-order valence-electron chi connectivity index (χ3n) is 4.89. The van der Waals surface area contributed by atoms with Gasteiger partial charge in [0.05, 0.1) is 0 Å². The van der Waals surface area contributed by atoms with E-state index in [0.29, 0.717) is 0 Å². The van der Waals surface area contributed by atoms with Crippen LogP contribution in [0.15, 0.2) is 68.7 Å². The van der Waals surface area contributed by atoms with Gasteiger partial charge in [-0.25, -0.2) is 0 Å². The first-order valence-corrected chi connectivity index (χ1v) is 13.4.